The van der Waals surface area contributed by atoms with Crippen LogP contribution in [0.2, 0.25) is 10.0 Å². The monoisotopic (exact) mass is 501 g/mol. The number of methoxy groups -OCH3 is 1. The van der Waals surface area contributed by atoms with Crippen LogP contribution in [-0.2, 0) is 11.3 Å². The number of carbonyl (C=O) groups is 2. The molecular weight excluding hydrogens is 477 g/mol. The van der Waals surface area contributed by atoms with Gasteiger partial charge in [-0.05, 0) is 43.5 Å². The number of hydrogen-bond donors (Lipinski definition) is 2. The lowest BCUT2D eigenvalue weighted by Gasteiger charge is -2.36. The quantitative estimate of drug-likeness (QED) is 0.522. The molecule has 178 valence electrons. The van der Waals surface area contributed by atoms with Crippen LogP contribution in [0.15, 0.2) is 42.6 Å². The van der Waals surface area contributed by atoms with Crippen LogP contribution in [0.3, 0.4) is 0 Å². The number of H-pyrrole nitrogens is 1. The highest BCUT2D eigenvalue weighted by molar-refractivity contribution is 6.33. The zero-order valence-electron chi connectivity index (χ0n) is 18.8. The maximum atomic E-state index is 13.1. The number of aromatic nitrogens is 3. The SMILES string of the molecule is COc1cc(-c2cc(C(=O)N3CCC(C(=O)NCc4cccc(Cl)c4)CC3C)n[nH]2)c(Cl)cn1. The third-order valence-corrected chi connectivity index (χ3v) is 6.53. The Hall–Kier alpha value is -3.10. The van der Waals surface area contributed by atoms with Gasteiger partial charge in [0.25, 0.3) is 5.91 Å². The van der Waals surface area contributed by atoms with Gasteiger partial charge in [0.05, 0.1) is 24.0 Å². The number of carbonyl (C=O) groups excluding carboxylic acids is 2. The summed E-state index contributed by atoms with van der Waals surface area (Å²) in [7, 11) is 1.52. The molecule has 0 spiro atoms. The van der Waals surface area contributed by atoms with Crippen LogP contribution >= 0.6 is 23.2 Å². The summed E-state index contributed by atoms with van der Waals surface area (Å²) in [5.41, 5.74) is 2.47. The van der Waals surface area contributed by atoms with Crippen molar-refractivity contribution in [1.29, 1.82) is 0 Å². The van der Waals surface area contributed by atoms with Crippen molar-refractivity contribution in [1.82, 2.24) is 25.4 Å². The average Bonchev–Trinajstić information content (AvgIpc) is 3.32. The van der Waals surface area contributed by atoms with E-state index < -0.39 is 0 Å². The number of likely N-dealkylation sites (tertiary alicyclic amines) is 1. The van der Waals surface area contributed by atoms with E-state index in [1.807, 2.05) is 25.1 Å². The van der Waals surface area contributed by atoms with Crippen LogP contribution in [0.4, 0.5) is 0 Å². The first kappa shape index (κ1) is 24.0. The first-order valence-electron chi connectivity index (χ1n) is 10.9. The van der Waals surface area contributed by atoms with Gasteiger partial charge in [0, 0.05) is 41.7 Å². The lowest BCUT2D eigenvalue weighted by Crippen LogP contribution is -2.47. The van der Waals surface area contributed by atoms with Gasteiger partial charge >= 0.3 is 0 Å². The molecule has 3 heterocycles. The van der Waals surface area contributed by atoms with E-state index >= 15 is 0 Å². The van der Waals surface area contributed by atoms with Crippen LogP contribution in [0.1, 0.15) is 35.8 Å². The standard InChI is InChI=1S/C24H25Cl2N5O3/c1-14-8-16(23(32)28-12-15-4-3-5-17(25)9-15)6-7-31(14)24(33)21-11-20(29-30-21)18-10-22(34-2)27-13-19(18)26/h3-5,9-11,13-14,16H,6-8,12H2,1-2H3,(H,28,32)(H,29,30). The van der Waals surface area contributed by atoms with E-state index in [2.05, 4.69) is 20.5 Å². The third-order valence-electron chi connectivity index (χ3n) is 5.99. The van der Waals surface area contributed by atoms with Crippen LogP contribution in [0.25, 0.3) is 11.3 Å². The van der Waals surface area contributed by atoms with E-state index in [4.69, 9.17) is 27.9 Å². The number of nitrogens with zero attached hydrogens (tertiary/aromatic N) is 3. The molecule has 2 N–H and O–H groups in total. The first-order chi connectivity index (χ1) is 16.4. The van der Waals surface area contributed by atoms with Crippen molar-refractivity contribution in [2.45, 2.75) is 32.4 Å². The highest BCUT2D eigenvalue weighted by Crippen LogP contribution is 2.30. The molecule has 1 aliphatic rings. The van der Waals surface area contributed by atoms with Crippen molar-refractivity contribution in [3.63, 3.8) is 0 Å². The molecule has 4 rings (SSSR count). The summed E-state index contributed by atoms with van der Waals surface area (Å²) in [5, 5.41) is 11.1. The molecule has 3 aromatic rings. The number of aromatic amines is 1. The molecule has 0 saturated carbocycles. The molecule has 2 unspecified atom stereocenters. The van der Waals surface area contributed by atoms with Crippen molar-refractivity contribution in [2.75, 3.05) is 13.7 Å². The minimum Gasteiger partial charge on any atom is -0.481 e. The van der Waals surface area contributed by atoms with Crippen LogP contribution in [0, 0.1) is 5.92 Å². The van der Waals surface area contributed by atoms with Gasteiger partial charge in [0.15, 0.2) is 5.69 Å². The number of amides is 2. The fraction of sp³-hybridized carbons (Fsp3) is 0.333. The lowest BCUT2D eigenvalue weighted by molar-refractivity contribution is -0.127. The van der Waals surface area contributed by atoms with Gasteiger partial charge in [0.2, 0.25) is 11.8 Å². The minimum absolute atomic E-state index is 0.0118. The Morgan fingerprint density at radius 2 is 2.09 bits per heavy atom. The smallest absolute Gasteiger partial charge is 0.274 e. The Kier molecular flexibility index (Phi) is 7.38. The van der Waals surface area contributed by atoms with Crippen LogP contribution in [-0.4, -0.2) is 51.6 Å². The van der Waals surface area contributed by atoms with E-state index in [1.54, 1.807) is 23.1 Å². The van der Waals surface area contributed by atoms with Gasteiger partial charge in [-0.15, -0.1) is 0 Å². The van der Waals surface area contributed by atoms with Gasteiger partial charge in [-0.1, -0.05) is 35.3 Å². The Bertz CT molecular complexity index is 1200. The highest BCUT2D eigenvalue weighted by atomic mass is 35.5. The summed E-state index contributed by atoms with van der Waals surface area (Å²) in [4.78, 5) is 31.7. The molecule has 2 amide bonds. The van der Waals surface area contributed by atoms with Gasteiger partial charge < -0.3 is 15.0 Å². The number of halogens is 2. The number of benzene rings is 1. The second-order valence-corrected chi connectivity index (χ2v) is 9.13. The van der Waals surface area contributed by atoms with Crippen molar-refractivity contribution < 1.29 is 14.3 Å². The fourth-order valence-corrected chi connectivity index (χ4v) is 4.56. The van der Waals surface area contributed by atoms with Crippen molar-refractivity contribution >= 4 is 35.0 Å². The number of nitrogens with one attached hydrogen (secondary N) is 2. The summed E-state index contributed by atoms with van der Waals surface area (Å²) in [6.07, 6.45) is 2.66. The molecule has 0 aliphatic carbocycles. The predicted octanol–water partition coefficient (Wildman–Crippen LogP) is 4.34. The molecule has 2 atom stereocenters. The summed E-state index contributed by atoms with van der Waals surface area (Å²) in [6, 6.07) is 10.7. The molecule has 1 aromatic carbocycles. The van der Waals surface area contributed by atoms with Gasteiger partial charge in [0.1, 0.15) is 0 Å². The van der Waals surface area contributed by atoms with E-state index in [-0.39, 0.29) is 29.5 Å². The molecule has 2 aromatic heterocycles. The van der Waals surface area contributed by atoms with Crippen molar-refractivity contribution in [3.05, 3.63) is 63.9 Å². The molecule has 34 heavy (non-hydrogen) atoms. The summed E-state index contributed by atoms with van der Waals surface area (Å²) in [5.74, 6) is 0.0504. The normalized spacial score (nSPS) is 17.9. The molecule has 0 bridgehead atoms. The predicted molar refractivity (Wildman–Crippen MR) is 130 cm³/mol. The highest BCUT2D eigenvalue weighted by Gasteiger charge is 2.33. The Morgan fingerprint density at radius 1 is 1.26 bits per heavy atom. The van der Waals surface area contributed by atoms with E-state index in [0.717, 1.165) is 5.56 Å². The van der Waals surface area contributed by atoms with Crippen LogP contribution in [0.5, 0.6) is 5.88 Å². The molecule has 10 heteroatoms. The van der Waals surface area contributed by atoms with Crippen molar-refractivity contribution in [3.8, 4) is 17.1 Å². The lowest BCUT2D eigenvalue weighted by atomic mass is 9.90. The largest absolute Gasteiger partial charge is 0.481 e. The summed E-state index contributed by atoms with van der Waals surface area (Å²) < 4.78 is 5.15. The number of rotatable bonds is 6. The summed E-state index contributed by atoms with van der Waals surface area (Å²) in [6.45, 7) is 2.85. The molecular formula is C24H25Cl2N5O3. The van der Waals surface area contributed by atoms with Gasteiger partial charge in [-0.25, -0.2) is 4.98 Å². The zero-order chi connectivity index (χ0) is 24.2. The topological polar surface area (TPSA) is 100 Å². The Morgan fingerprint density at radius 3 is 2.82 bits per heavy atom. The second kappa shape index (κ2) is 10.4. The first-order valence-corrected chi connectivity index (χ1v) is 11.7. The van der Waals surface area contributed by atoms with Crippen LogP contribution < -0.4 is 10.1 Å². The maximum absolute atomic E-state index is 13.1. The van der Waals surface area contributed by atoms with E-state index in [1.165, 1.54) is 13.3 Å². The number of pyridine rings is 1. The third kappa shape index (κ3) is 5.34. The number of piperidine rings is 1. The molecule has 1 fully saturated rings. The van der Waals surface area contributed by atoms with Gasteiger partial charge in [-0.3, -0.25) is 14.7 Å². The molecule has 1 saturated heterocycles. The maximum Gasteiger partial charge on any atom is 0.274 e. The Labute approximate surface area is 207 Å². The average molecular weight is 502 g/mol. The van der Waals surface area contributed by atoms with E-state index in [0.29, 0.717) is 53.1 Å². The van der Waals surface area contributed by atoms with Crippen molar-refractivity contribution in [2.24, 2.45) is 5.92 Å². The van der Waals surface area contributed by atoms with Gasteiger partial charge in [-0.2, -0.15) is 5.10 Å². The fourth-order valence-electron chi connectivity index (χ4n) is 4.15. The summed E-state index contributed by atoms with van der Waals surface area (Å²) >= 11 is 12.3. The molecule has 8 nitrogen and oxygen atoms in total. The minimum atomic E-state index is -0.190. The number of hydrogen-bond acceptors (Lipinski definition) is 5. The Balaban J connectivity index is 1.37. The van der Waals surface area contributed by atoms with E-state index in [9.17, 15) is 9.59 Å². The number of ether oxygens (including phenoxy) is 1. The molecule has 1 aliphatic heterocycles. The molecule has 0 radical (unpaired) electrons. The second-order valence-electron chi connectivity index (χ2n) is 8.29. The zero-order valence-corrected chi connectivity index (χ0v) is 20.4.